The molecule has 3 amide bonds. The number of hydrogen-bond acceptors (Lipinski definition) is 5. The second-order valence-electron chi connectivity index (χ2n) is 9.79. The quantitative estimate of drug-likeness (QED) is 0.537. The van der Waals surface area contributed by atoms with E-state index in [1.54, 1.807) is 37.8 Å². The number of ether oxygens (including phenoxy) is 1. The number of phenolic OH excluding ortho intramolecular Hbond substituents is 1. The summed E-state index contributed by atoms with van der Waals surface area (Å²) in [6.45, 7) is 6.17. The van der Waals surface area contributed by atoms with Crippen LogP contribution in [0.25, 0.3) is 0 Å². The molecule has 0 bridgehead atoms. The van der Waals surface area contributed by atoms with Crippen LogP contribution in [0.2, 0.25) is 0 Å². The van der Waals surface area contributed by atoms with Crippen molar-refractivity contribution in [3.05, 3.63) is 65.7 Å². The average Bonchev–Trinajstić information content (AvgIpc) is 3.29. The smallest absolute Gasteiger partial charge is 0.408 e. The van der Waals surface area contributed by atoms with Gasteiger partial charge in [-0.15, -0.1) is 0 Å². The van der Waals surface area contributed by atoms with E-state index < -0.39 is 23.8 Å². The molecule has 3 rings (SSSR count). The predicted octanol–water partition coefficient (Wildman–Crippen LogP) is 3.18. The van der Waals surface area contributed by atoms with Gasteiger partial charge in [-0.25, -0.2) is 4.79 Å². The van der Waals surface area contributed by atoms with Crippen LogP contribution in [0.15, 0.2) is 54.6 Å². The molecule has 0 aromatic heterocycles. The van der Waals surface area contributed by atoms with Crippen molar-refractivity contribution >= 4 is 17.9 Å². The minimum atomic E-state index is -0.849. The van der Waals surface area contributed by atoms with Crippen molar-refractivity contribution in [2.24, 2.45) is 0 Å². The summed E-state index contributed by atoms with van der Waals surface area (Å²) in [6, 6.07) is 14.8. The highest BCUT2D eigenvalue weighted by molar-refractivity contribution is 5.92. The molecule has 1 heterocycles. The normalized spacial score (nSPS) is 16.4. The van der Waals surface area contributed by atoms with E-state index in [1.807, 2.05) is 42.5 Å². The maximum atomic E-state index is 13.5. The Balaban J connectivity index is 1.65. The summed E-state index contributed by atoms with van der Waals surface area (Å²) in [5.74, 6) is -0.302. The van der Waals surface area contributed by atoms with Gasteiger partial charge in [0.15, 0.2) is 0 Å². The summed E-state index contributed by atoms with van der Waals surface area (Å²) >= 11 is 0. The first-order valence-electron chi connectivity index (χ1n) is 12.0. The van der Waals surface area contributed by atoms with Crippen LogP contribution >= 0.6 is 0 Å². The van der Waals surface area contributed by atoms with E-state index in [0.29, 0.717) is 38.8 Å². The molecule has 0 unspecified atom stereocenters. The molecule has 1 aliphatic heterocycles. The molecule has 8 nitrogen and oxygen atoms in total. The van der Waals surface area contributed by atoms with Crippen LogP contribution < -0.4 is 10.6 Å². The third-order valence-corrected chi connectivity index (χ3v) is 5.76. The summed E-state index contributed by atoms with van der Waals surface area (Å²) in [5.41, 5.74) is 1.20. The number of benzene rings is 2. The molecule has 1 saturated heterocycles. The van der Waals surface area contributed by atoms with Gasteiger partial charge in [-0.1, -0.05) is 42.5 Å². The summed E-state index contributed by atoms with van der Waals surface area (Å²) < 4.78 is 5.38. The minimum absolute atomic E-state index is 0.197. The molecule has 2 aromatic rings. The van der Waals surface area contributed by atoms with Gasteiger partial charge < -0.3 is 25.4 Å². The Morgan fingerprint density at radius 1 is 1.06 bits per heavy atom. The fourth-order valence-corrected chi connectivity index (χ4v) is 4.11. The number of aromatic hydroxyl groups is 1. The lowest BCUT2D eigenvalue weighted by Crippen LogP contribution is -2.54. The highest BCUT2D eigenvalue weighted by Crippen LogP contribution is 2.20. The number of hydrogen-bond donors (Lipinski definition) is 3. The van der Waals surface area contributed by atoms with E-state index >= 15 is 0 Å². The number of amides is 3. The van der Waals surface area contributed by atoms with E-state index in [-0.39, 0.29) is 17.6 Å². The van der Waals surface area contributed by atoms with Crippen molar-refractivity contribution in [3.63, 3.8) is 0 Å². The maximum absolute atomic E-state index is 13.5. The van der Waals surface area contributed by atoms with Crippen LogP contribution in [0.4, 0.5) is 4.79 Å². The van der Waals surface area contributed by atoms with Crippen molar-refractivity contribution in [2.45, 2.75) is 64.1 Å². The Bertz CT molecular complexity index is 1000. The molecule has 1 aliphatic rings. The third-order valence-electron chi connectivity index (χ3n) is 5.76. The molecule has 2 atom stereocenters. The van der Waals surface area contributed by atoms with Crippen molar-refractivity contribution < 1.29 is 24.2 Å². The number of carbonyl (C=O) groups is 3. The molecule has 2 aromatic carbocycles. The summed E-state index contributed by atoms with van der Waals surface area (Å²) in [5, 5.41) is 15.1. The van der Waals surface area contributed by atoms with Gasteiger partial charge in [-0.2, -0.15) is 0 Å². The first kappa shape index (κ1) is 26.1. The molecular weight excluding hydrogens is 446 g/mol. The largest absolute Gasteiger partial charge is 0.508 e. The van der Waals surface area contributed by atoms with Gasteiger partial charge >= 0.3 is 6.09 Å². The maximum Gasteiger partial charge on any atom is 0.408 e. The molecule has 35 heavy (non-hydrogen) atoms. The molecule has 188 valence electrons. The standard InChI is InChI=1S/C27H35N3O5/c1-27(2,3)35-26(34)29-22(18-20-8-5-4-6-9-20)25(33)30-17-7-10-23(30)24(32)28-16-15-19-11-13-21(31)14-12-19/h4-6,8-9,11-14,22-23,31H,7,10,15-18H2,1-3H3,(H,28,32)(H,29,34)/t22-,23-/m0/s1. The summed E-state index contributed by atoms with van der Waals surface area (Å²) in [6.07, 6.45) is 1.53. The molecular formula is C27H35N3O5. The fourth-order valence-electron chi connectivity index (χ4n) is 4.11. The van der Waals surface area contributed by atoms with Crippen molar-refractivity contribution in [1.29, 1.82) is 0 Å². The van der Waals surface area contributed by atoms with Gasteiger partial charge in [0.05, 0.1) is 0 Å². The molecule has 3 N–H and O–H groups in total. The highest BCUT2D eigenvalue weighted by Gasteiger charge is 2.38. The lowest BCUT2D eigenvalue weighted by Gasteiger charge is -2.29. The third kappa shape index (κ3) is 8.02. The second-order valence-corrected chi connectivity index (χ2v) is 9.79. The first-order chi connectivity index (χ1) is 16.6. The molecule has 0 radical (unpaired) electrons. The number of likely N-dealkylation sites (tertiary alicyclic amines) is 1. The van der Waals surface area contributed by atoms with E-state index in [2.05, 4.69) is 10.6 Å². The monoisotopic (exact) mass is 481 g/mol. The number of alkyl carbamates (subject to hydrolysis) is 1. The SMILES string of the molecule is CC(C)(C)OC(=O)N[C@@H](Cc1ccccc1)C(=O)N1CCC[C@H]1C(=O)NCCc1ccc(O)cc1. The number of nitrogens with one attached hydrogen (secondary N) is 2. The van der Waals surface area contributed by atoms with Crippen LogP contribution in [0.5, 0.6) is 5.75 Å². The zero-order valence-electron chi connectivity index (χ0n) is 20.6. The Kier molecular flexibility index (Phi) is 8.73. The second kappa shape index (κ2) is 11.7. The lowest BCUT2D eigenvalue weighted by molar-refractivity contribution is -0.140. The van der Waals surface area contributed by atoms with E-state index in [1.165, 1.54) is 0 Å². The van der Waals surface area contributed by atoms with Crippen LogP contribution in [0.1, 0.15) is 44.7 Å². The Labute approximate surface area is 206 Å². The number of carbonyl (C=O) groups excluding carboxylic acids is 3. The predicted molar refractivity (Wildman–Crippen MR) is 133 cm³/mol. The summed E-state index contributed by atoms with van der Waals surface area (Å²) in [7, 11) is 0. The van der Waals surface area contributed by atoms with Gasteiger partial charge in [-0.3, -0.25) is 9.59 Å². The highest BCUT2D eigenvalue weighted by atomic mass is 16.6. The van der Waals surface area contributed by atoms with Gasteiger partial charge in [0, 0.05) is 19.5 Å². The number of phenols is 1. The van der Waals surface area contributed by atoms with Crippen molar-refractivity contribution in [1.82, 2.24) is 15.5 Å². The fraction of sp³-hybridized carbons (Fsp3) is 0.444. The van der Waals surface area contributed by atoms with Gasteiger partial charge in [0.25, 0.3) is 0 Å². The van der Waals surface area contributed by atoms with Crippen LogP contribution in [0, 0.1) is 0 Å². The van der Waals surface area contributed by atoms with E-state index in [9.17, 15) is 19.5 Å². The first-order valence-corrected chi connectivity index (χ1v) is 12.0. The Morgan fingerprint density at radius 3 is 2.40 bits per heavy atom. The van der Waals surface area contributed by atoms with Crippen molar-refractivity contribution in [3.8, 4) is 5.75 Å². The molecule has 0 saturated carbocycles. The van der Waals surface area contributed by atoms with Gasteiger partial charge in [0.1, 0.15) is 23.4 Å². The Morgan fingerprint density at radius 2 is 1.74 bits per heavy atom. The van der Waals surface area contributed by atoms with Crippen LogP contribution in [-0.4, -0.2) is 58.7 Å². The molecule has 0 spiro atoms. The van der Waals surface area contributed by atoms with E-state index in [4.69, 9.17) is 4.74 Å². The molecule has 1 fully saturated rings. The topological polar surface area (TPSA) is 108 Å². The van der Waals surface area contributed by atoms with Crippen molar-refractivity contribution in [2.75, 3.05) is 13.1 Å². The molecule has 8 heteroatoms. The zero-order valence-corrected chi connectivity index (χ0v) is 20.6. The number of nitrogens with zero attached hydrogens (tertiary/aromatic N) is 1. The Hall–Kier alpha value is -3.55. The minimum Gasteiger partial charge on any atom is -0.508 e. The van der Waals surface area contributed by atoms with Crippen LogP contribution in [-0.2, 0) is 27.2 Å². The lowest BCUT2D eigenvalue weighted by atomic mass is 10.0. The average molecular weight is 482 g/mol. The summed E-state index contributed by atoms with van der Waals surface area (Å²) in [4.78, 5) is 40.5. The molecule has 0 aliphatic carbocycles. The van der Waals surface area contributed by atoms with Crippen LogP contribution in [0.3, 0.4) is 0 Å². The van der Waals surface area contributed by atoms with Gasteiger partial charge in [0.2, 0.25) is 11.8 Å². The van der Waals surface area contributed by atoms with E-state index in [0.717, 1.165) is 11.1 Å². The van der Waals surface area contributed by atoms with Gasteiger partial charge in [-0.05, 0) is 63.3 Å². The zero-order chi connectivity index (χ0) is 25.4. The number of rotatable bonds is 8.